The number of aromatic hydroxyl groups is 1. The van der Waals surface area contributed by atoms with E-state index in [1.807, 2.05) is 0 Å². The summed E-state index contributed by atoms with van der Waals surface area (Å²) < 4.78 is 0. The van der Waals surface area contributed by atoms with Gasteiger partial charge in [0.2, 0.25) is 70.9 Å². The maximum absolute atomic E-state index is 13.8. The maximum atomic E-state index is 13.8. The number of phenolic OH excluding ortho intramolecular Hbond substituents is 1. The molecule has 0 spiro atoms. The van der Waals surface area contributed by atoms with Crippen molar-refractivity contribution in [3.63, 3.8) is 0 Å². The normalized spacial score (nSPS) is 15.5. The van der Waals surface area contributed by atoms with Gasteiger partial charge >= 0.3 is 11.9 Å². The van der Waals surface area contributed by atoms with Crippen molar-refractivity contribution in [3.8, 4) is 5.75 Å². The van der Waals surface area contributed by atoms with Gasteiger partial charge in [0.25, 0.3) is 0 Å². The van der Waals surface area contributed by atoms with Crippen LogP contribution in [0.15, 0.2) is 24.3 Å². The van der Waals surface area contributed by atoms with Gasteiger partial charge in [0.15, 0.2) is 0 Å². The van der Waals surface area contributed by atoms with Crippen molar-refractivity contribution in [2.45, 2.75) is 152 Å². The van der Waals surface area contributed by atoms with Crippen molar-refractivity contribution in [1.82, 2.24) is 47.4 Å². The first-order valence-electron chi connectivity index (χ1n) is 25.8. The molecule has 0 radical (unpaired) electrons. The summed E-state index contributed by atoms with van der Waals surface area (Å²) in [5, 5.41) is 48.0. The Morgan fingerprint density at radius 2 is 1.10 bits per heavy atom. The van der Waals surface area contributed by atoms with Crippen LogP contribution in [0.2, 0.25) is 0 Å². The summed E-state index contributed by atoms with van der Waals surface area (Å²) in [4.78, 5) is 180. The minimum atomic E-state index is -1.65. The summed E-state index contributed by atoms with van der Waals surface area (Å²) in [6.45, 7) is 2.09. The van der Waals surface area contributed by atoms with Crippen LogP contribution in [-0.2, 0) is 73.5 Å². The number of carboxylic acid groups (broad SMARTS) is 2. The van der Waals surface area contributed by atoms with Crippen LogP contribution in [0.3, 0.4) is 0 Å². The molecule has 444 valence electrons. The van der Waals surface area contributed by atoms with E-state index >= 15 is 0 Å². The lowest BCUT2D eigenvalue weighted by molar-refractivity contribution is -0.146. The number of nitrogens with two attached hydrogens (primary N) is 5. The van der Waals surface area contributed by atoms with Crippen LogP contribution in [0.25, 0.3) is 0 Å². The fourth-order valence-corrected chi connectivity index (χ4v) is 8.11. The average Bonchev–Trinajstić information content (AvgIpc) is 3.88. The van der Waals surface area contributed by atoms with Crippen LogP contribution in [0, 0.1) is 5.92 Å². The highest BCUT2D eigenvalue weighted by Gasteiger charge is 2.40. The molecule has 31 heteroatoms. The zero-order chi connectivity index (χ0) is 60.2. The van der Waals surface area contributed by atoms with E-state index in [-0.39, 0.29) is 76.1 Å². The van der Waals surface area contributed by atoms with Crippen molar-refractivity contribution in [2.75, 3.05) is 26.2 Å². The van der Waals surface area contributed by atoms with Crippen molar-refractivity contribution in [2.24, 2.45) is 34.6 Å². The smallest absolute Gasteiger partial charge is 0.326 e. The summed E-state index contributed by atoms with van der Waals surface area (Å²) >= 11 is 0. The summed E-state index contributed by atoms with van der Waals surface area (Å²) in [7, 11) is 0. The molecule has 31 nitrogen and oxygen atoms in total. The van der Waals surface area contributed by atoms with Gasteiger partial charge in [-0.3, -0.25) is 62.3 Å². The number of amides is 12. The average molecular weight is 1130 g/mol. The number of hydrogen-bond donors (Lipinski definition) is 16. The highest BCUT2D eigenvalue weighted by Crippen LogP contribution is 2.21. The molecule has 0 aromatic heterocycles. The quantitative estimate of drug-likeness (QED) is 0.0276. The van der Waals surface area contributed by atoms with Gasteiger partial charge in [0, 0.05) is 32.2 Å². The van der Waals surface area contributed by atoms with Gasteiger partial charge in [-0.25, -0.2) is 4.79 Å². The molecule has 1 aromatic rings. The molecule has 0 aliphatic carbocycles. The highest BCUT2D eigenvalue weighted by atomic mass is 16.4. The van der Waals surface area contributed by atoms with E-state index in [2.05, 4.69) is 42.5 Å². The number of phenols is 1. The summed E-state index contributed by atoms with van der Waals surface area (Å²) in [5.41, 5.74) is 27.5. The minimum Gasteiger partial charge on any atom is -0.508 e. The molecule has 0 saturated carbocycles. The Balaban J connectivity index is 2.21. The molecule has 1 fully saturated rings. The first-order valence-corrected chi connectivity index (χ1v) is 25.8. The number of aliphatic carboxylic acids is 2. The second-order valence-corrected chi connectivity index (χ2v) is 19.5. The topological polar surface area (TPSA) is 529 Å². The van der Waals surface area contributed by atoms with E-state index < -0.39 is 170 Å². The highest BCUT2D eigenvalue weighted by molar-refractivity contribution is 5.98. The maximum Gasteiger partial charge on any atom is 0.326 e. The number of benzene rings is 1. The largest absolute Gasteiger partial charge is 0.508 e. The molecule has 1 aliphatic rings. The molecule has 21 N–H and O–H groups in total. The summed E-state index contributed by atoms with van der Waals surface area (Å²) in [6, 6.07) is -6.00. The van der Waals surface area contributed by atoms with E-state index in [9.17, 15) is 82.4 Å². The molecule has 2 rings (SSSR count). The Labute approximate surface area is 460 Å². The second-order valence-electron chi connectivity index (χ2n) is 19.5. The van der Waals surface area contributed by atoms with Gasteiger partial charge in [-0.15, -0.1) is 0 Å². The Hall–Kier alpha value is -8.48. The number of carbonyl (C=O) groups excluding carboxylic acids is 12. The van der Waals surface area contributed by atoms with Gasteiger partial charge in [-0.1, -0.05) is 26.0 Å². The second kappa shape index (κ2) is 34.4. The lowest BCUT2D eigenvalue weighted by Crippen LogP contribution is -2.58. The molecular formula is C49H76N14O17. The number of carboxylic acids is 2. The molecule has 8 atom stereocenters. The number of primary amides is 3. The Morgan fingerprint density at radius 1 is 0.600 bits per heavy atom. The van der Waals surface area contributed by atoms with Crippen LogP contribution < -0.4 is 71.2 Å². The van der Waals surface area contributed by atoms with E-state index in [0.717, 1.165) is 4.90 Å². The molecule has 0 unspecified atom stereocenters. The molecular weight excluding hydrogens is 1060 g/mol. The van der Waals surface area contributed by atoms with Crippen molar-refractivity contribution in [1.29, 1.82) is 0 Å². The summed E-state index contributed by atoms with van der Waals surface area (Å²) in [6.07, 6.45) is -2.14. The first-order chi connectivity index (χ1) is 37.6. The third-order valence-corrected chi connectivity index (χ3v) is 12.3. The Morgan fingerprint density at radius 3 is 1.64 bits per heavy atom. The number of unbranched alkanes of at least 4 members (excludes halogenated alkanes) is 1. The molecule has 1 saturated heterocycles. The number of carbonyl (C=O) groups is 14. The molecule has 1 heterocycles. The standard InChI is InChI=1S/C49H76N14O17/c1-25(2)20-32(61-47(77)35-7-5-19-63(35)48(78)34(22-41(70)71)62-42(72)28(51)12-15-36(52)65)44(74)56-23-39(68)57-29(6-3-4-18-50)45(75)59-30(13-16-37(53)66)43(73)55-24-40(69)58-33(21-26-8-10-27(64)11-9-26)46(76)60-31(49(79)80)14-17-38(54)67/h8-11,25,28-35,64H,3-7,12-24,50-51H2,1-2H3,(H2,52,65)(H2,53,66)(H2,54,67)(H,55,73)(H,56,74)(H,57,68)(H,58,69)(H,59,75)(H,60,76)(H,61,77)(H,62,72)(H,70,71)(H,79,80)/t28-,29-,30-,31-,32-,33-,34-,35-/m0/s1. The van der Waals surface area contributed by atoms with Gasteiger partial charge in [0.1, 0.15) is 48.0 Å². The molecule has 1 aliphatic heterocycles. The lowest BCUT2D eigenvalue weighted by Gasteiger charge is -2.30. The number of likely N-dealkylation sites (tertiary alicyclic amines) is 1. The van der Waals surface area contributed by atoms with Crippen LogP contribution in [0.1, 0.15) is 103 Å². The zero-order valence-electron chi connectivity index (χ0n) is 44.6. The SMILES string of the molecule is CC(C)C[C@H](NC(=O)[C@@H]1CCCN1C(=O)[C@H](CC(=O)O)NC(=O)[C@@H](N)CCC(N)=O)C(=O)NCC(=O)N[C@@H](CCCCN)C(=O)N[C@@H](CCC(N)=O)C(=O)NCC(=O)N[C@@H](Cc1ccc(O)cc1)C(=O)N[C@@H](CCC(N)=O)C(=O)O. The number of nitrogens with zero attached hydrogens (tertiary/aromatic N) is 1. The fraction of sp³-hybridized carbons (Fsp3) is 0.592. The van der Waals surface area contributed by atoms with Crippen molar-refractivity contribution < 1.29 is 82.4 Å². The van der Waals surface area contributed by atoms with Crippen molar-refractivity contribution in [3.05, 3.63) is 29.8 Å². The molecule has 1 aromatic carbocycles. The third kappa shape index (κ3) is 25.3. The predicted octanol–water partition coefficient (Wildman–Crippen LogP) is -6.07. The van der Waals surface area contributed by atoms with Gasteiger partial charge in [-0.05, 0) is 87.9 Å². The Kier molecular flexibility index (Phi) is 29.1. The Bertz CT molecular complexity index is 2390. The summed E-state index contributed by atoms with van der Waals surface area (Å²) in [5.74, 6) is -14.1. The minimum absolute atomic E-state index is 0.0142. The lowest BCUT2D eigenvalue weighted by atomic mass is 10.0. The van der Waals surface area contributed by atoms with E-state index in [1.54, 1.807) is 13.8 Å². The molecule has 12 amide bonds. The van der Waals surface area contributed by atoms with Crippen LogP contribution >= 0.6 is 0 Å². The van der Waals surface area contributed by atoms with Crippen molar-refractivity contribution >= 4 is 82.8 Å². The number of rotatable bonds is 37. The monoisotopic (exact) mass is 1130 g/mol. The molecule has 80 heavy (non-hydrogen) atoms. The van der Waals surface area contributed by atoms with E-state index in [0.29, 0.717) is 18.4 Å². The van der Waals surface area contributed by atoms with Gasteiger partial charge in [-0.2, -0.15) is 0 Å². The zero-order valence-corrected chi connectivity index (χ0v) is 44.6. The van der Waals surface area contributed by atoms with E-state index in [4.69, 9.17) is 28.7 Å². The fourth-order valence-electron chi connectivity index (χ4n) is 8.11. The van der Waals surface area contributed by atoms with Crippen LogP contribution in [0.4, 0.5) is 0 Å². The van der Waals surface area contributed by atoms with Gasteiger partial charge in [0.05, 0.1) is 25.6 Å². The first kappa shape index (κ1) is 67.6. The predicted molar refractivity (Wildman–Crippen MR) is 280 cm³/mol. The van der Waals surface area contributed by atoms with Crippen LogP contribution in [-0.4, -0.2) is 178 Å². The van der Waals surface area contributed by atoms with E-state index in [1.165, 1.54) is 24.3 Å². The number of hydrogen-bond acceptors (Lipinski definition) is 17. The number of nitrogens with one attached hydrogen (secondary N) is 8. The van der Waals surface area contributed by atoms with Crippen LogP contribution in [0.5, 0.6) is 5.75 Å². The third-order valence-electron chi connectivity index (χ3n) is 12.3. The van der Waals surface area contributed by atoms with Gasteiger partial charge < -0.3 is 91.4 Å². The molecule has 0 bridgehead atoms.